The normalized spacial score (nSPS) is 21.8. The predicted molar refractivity (Wildman–Crippen MR) is 54.8 cm³/mol. The molecule has 0 aromatic rings. The first-order valence-electron chi connectivity index (χ1n) is 5.37. The molecular formula is C11H21NO. The van der Waals surface area contributed by atoms with Gasteiger partial charge in [0.1, 0.15) is 6.29 Å². The summed E-state index contributed by atoms with van der Waals surface area (Å²) in [6, 6.07) is 0. The van der Waals surface area contributed by atoms with Gasteiger partial charge in [0, 0.05) is 12.0 Å². The van der Waals surface area contributed by atoms with Crippen LogP contribution in [0.5, 0.6) is 0 Å². The SMILES string of the molecule is CCN(C)CC1(C=O)CCCCC1. The van der Waals surface area contributed by atoms with Gasteiger partial charge < -0.3 is 9.69 Å². The second-order valence-electron chi connectivity index (χ2n) is 4.37. The molecule has 0 N–H and O–H groups in total. The number of rotatable bonds is 4. The minimum absolute atomic E-state index is 0.0109. The van der Waals surface area contributed by atoms with Gasteiger partial charge in [-0.05, 0) is 26.4 Å². The maximum atomic E-state index is 11.1. The Bertz CT molecular complexity index is 161. The van der Waals surface area contributed by atoms with Gasteiger partial charge in [-0.25, -0.2) is 0 Å². The van der Waals surface area contributed by atoms with Crippen LogP contribution in [0.25, 0.3) is 0 Å². The molecule has 0 spiro atoms. The van der Waals surface area contributed by atoms with Crippen LogP contribution in [0.2, 0.25) is 0 Å². The molecule has 1 aliphatic rings. The number of carbonyl (C=O) groups excluding carboxylic acids is 1. The highest BCUT2D eigenvalue weighted by molar-refractivity contribution is 5.59. The number of aldehydes is 1. The Morgan fingerprint density at radius 3 is 2.38 bits per heavy atom. The van der Waals surface area contributed by atoms with Crippen LogP contribution in [0.15, 0.2) is 0 Å². The highest BCUT2D eigenvalue weighted by Crippen LogP contribution is 2.34. The first kappa shape index (κ1) is 10.7. The standard InChI is InChI=1S/C11H21NO/c1-3-12(2)9-11(10-13)7-5-4-6-8-11/h10H,3-9H2,1-2H3. The number of hydrogen-bond donors (Lipinski definition) is 0. The zero-order valence-electron chi connectivity index (χ0n) is 8.88. The minimum atomic E-state index is -0.0109. The first-order chi connectivity index (χ1) is 6.22. The predicted octanol–water partition coefficient (Wildman–Crippen LogP) is 2.09. The zero-order valence-corrected chi connectivity index (χ0v) is 8.88. The Hall–Kier alpha value is -0.370. The van der Waals surface area contributed by atoms with Crippen LogP contribution in [0.3, 0.4) is 0 Å². The smallest absolute Gasteiger partial charge is 0.127 e. The van der Waals surface area contributed by atoms with E-state index < -0.39 is 0 Å². The van der Waals surface area contributed by atoms with E-state index in [1.807, 2.05) is 0 Å². The molecule has 0 bridgehead atoms. The molecule has 0 aliphatic heterocycles. The van der Waals surface area contributed by atoms with Gasteiger partial charge in [0.2, 0.25) is 0 Å². The van der Waals surface area contributed by atoms with Crippen LogP contribution >= 0.6 is 0 Å². The van der Waals surface area contributed by atoms with Crippen LogP contribution in [0.4, 0.5) is 0 Å². The maximum absolute atomic E-state index is 11.1. The molecule has 0 radical (unpaired) electrons. The van der Waals surface area contributed by atoms with Gasteiger partial charge >= 0.3 is 0 Å². The Balaban J connectivity index is 2.52. The van der Waals surface area contributed by atoms with E-state index >= 15 is 0 Å². The zero-order chi connectivity index (χ0) is 9.73. The second-order valence-corrected chi connectivity index (χ2v) is 4.37. The van der Waals surface area contributed by atoms with E-state index in [2.05, 4.69) is 18.9 Å². The van der Waals surface area contributed by atoms with E-state index in [9.17, 15) is 4.79 Å². The van der Waals surface area contributed by atoms with Gasteiger partial charge in [0.05, 0.1) is 0 Å². The van der Waals surface area contributed by atoms with Crippen molar-refractivity contribution in [2.24, 2.45) is 5.41 Å². The van der Waals surface area contributed by atoms with Crippen molar-refractivity contribution >= 4 is 6.29 Å². The quantitative estimate of drug-likeness (QED) is 0.622. The van der Waals surface area contributed by atoms with E-state index in [4.69, 9.17) is 0 Å². The summed E-state index contributed by atoms with van der Waals surface area (Å²) in [6.45, 7) is 4.13. The fraction of sp³-hybridized carbons (Fsp3) is 0.909. The average Bonchev–Trinajstić information content (AvgIpc) is 2.19. The lowest BCUT2D eigenvalue weighted by atomic mass is 9.75. The van der Waals surface area contributed by atoms with Gasteiger partial charge in [-0.3, -0.25) is 0 Å². The Morgan fingerprint density at radius 2 is 1.92 bits per heavy atom. The third kappa shape index (κ3) is 2.80. The van der Waals surface area contributed by atoms with Crippen molar-refractivity contribution in [1.82, 2.24) is 4.90 Å². The molecule has 13 heavy (non-hydrogen) atoms. The Kier molecular flexibility index (Phi) is 3.91. The summed E-state index contributed by atoms with van der Waals surface area (Å²) < 4.78 is 0. The van der Waals surface area contributed by atoms with Gasteiger partial charge in [0.15, 0.2) is 0 Å². The molecule has 2 heteroatoms. The number of carbonyl (C=O) groups is 1. The summed E-state index contributed by atoms with van der Waals surface area (Å²) in [5.41, 5.74) is -0.0109. The maximum Gasteiger partial charge on any atom is 0.127 e. The van der Waals surface area contributed by atoms with Gasteiger partial charge in [-0.1, -0.05) is 26.2 Å². The van der Waals surface area contributed by atoms with E-state index in [1.54, 1.807) is 0 Å². The molecule has 0 saturated heterocycles. The molecule has 0 aromatic heterocycles. The third-order valence-corrected chi connectivity index (χ3v) is 3.22. The Morgan fingerprint density at radius 1 is 1.31 bits per heavy atom. The molecule has 0 atom stereocenters. The van der Waals surface area contributed by atoms with Crippen LogP contribution in [0.1, 0.15) is 39.0 Å². The third-order valence-electron chi connectivity index (χ3n) is 3.22. The van der Waals surface area contributed by atoms with Crippen LogP contribution in [0, 0.1) is 5.41 Å². The lowest BCUT2D eigenvalue weighted by Crippen LogP contribution is -2.38. The van der Waals surface area contributed by atoms with Gasteiger partial charge in [-0.2, -0.15) is 0 Å². The van der Waals surface area contributed by atoms with Gasteiger partial charge in [0.25, 0.3) is 0 Å². The van der Waals surface area contributed by atoms with E-state index in [-0.39, 0.29) is 5.41 Å². The number of hydrogen-bond acceptors (Lipinski definition) is 2. The van der Waals surface area contributed by atoms with Crippen molar-refractivity contribution < 1.29 is 4.79 Å². The summed E-state index contributed by atoms with van der Waals surface area (Å²) in [7, 11) is 2.10. The highest BCUT2D eigenvalue weighted by Gasteiger charge is 2.32. The summed E-state index contributed by atoms with van der Waals surface area (Å²) in [4.78, 5) is 13.4. The highest BCUT2D eigenvalue weighted by atomic mass is 16.1. The van der Waals surface area contributed by atoms with Crippen LogP contribution in [-0.2, 0) is 4.79 Å². The molecule has 0 aromatic carbocycles. The van der Waals surface area contributed by atoms with Crippen molar-refractivity contribution in [3.05, 3.63) is 0 Å². The topological polar surface area (TPSA) is 20.3 Å². The lowest BCUT2D eigenvalue weighted by Gasteiger charge is -2.35. The number of nitrogens with zero attached hydrogens (tertiary/aromatic N) is 1. The van der Waals surface area contributed by atoms with Crippen LogP contribution in [-0.4, -0.2) is 31.3 Å². The second kappa shape index (κ2) is 4.75. The molecule has 1 aliphatic carbocycles. The summed E-state index contributed by atoms with van der Waals surface area (Å²) in [5.74, 6) is 0. The van der Waals surface area contributed by atoms with E-state index in [1.165, 1.54) is 25.5 Å². The van der Waals surface area contributed by atoms with Crippen molar-refractivity contribution in [3.8, 4) is 0 Å². The van der Waals surface area contributed by atoms with E-state index in [0.29, 0.717) is 0 Å². The molecule has 1 rings (SSSR count). The monoisotopic (exact) mass is 183 g/mol. The Labute approximate surface area is 81.3 Å². The van der Waals surface area contributed by atoms with Crippen molar-refractivity contribution in [1.29, 1.82) is 0 Å². The lowest BCUT2D eigenvalue weighted by molar-refractivity contribution is -0.118. The van der Waals surface area contributed by atoms with E-state index in [0.717, 1.165) is 25.9 Å². The van der Waals surface area contributed by atoms with Gasteiger partial charge in [-0.15, -0.1) is 0 Å². The molecule has 0 amide bonds. The fourth-order valence-electron chi connectivity index (χ4n) is 2.22. The fourth-order valence-corrected chi connectivity index (χ4v) is 2.22. The molecule has 0 unspecified atom stereocenters. The average molecular weight is 183 g/mol. The van der Waals surface area contributed by atoms with Crippen LogP contribution < -0.4 is 0 Å². The molecule has 1 saturated carbocycles. The first-order valence-corrected chi connectivity index (χ1v) is 5.37. The molecular weight excluding hydrogens is 162 g/mol. The molecule has 2 nitrogen and oxygen atoms in total. The van der Waals surface area contributed by atoms with Crippen molar-refractivity contribution in [2.45, 2.75) is 39.0 Å². The molecule has 76 valence electrons. The minimum Gasteiger partial charge on any atom is -0.306 e. The largest absolute Gasteiger partial charge is 0.306 e. The van der Waals surface area contributed by atoms with Crippen molar-refractivity contribution in [2.75, 3.05) is 20.1 Å². The molecule has 1 fully saturated rings. The summed E-state index contributed by atoms with van der Waals surface area (Å²) >= 11 is 0. The molecule has 0 heterocycles. The summed E-state index contributed by atoms with van der Waals surface area (Å²) in [6.07, 6.45) is 7.18. The summed E-state index contributed by atoms with van der Waals surface area (Å²) in [5, 5.41) is 0. The van der Waals surface area contributed by atoms with Crippen molar-refractivity contribution in [3.63, 3.8) is 0 Å².